The van der Waals surface area contributed by atoms with Gasteiger partial charge in [0.05, 0.1) is 0 Å². The number of carbonyl (C=O) groups is 4. The monoisotopic (exact) mass is 554 g/mol. The lowest BCUT2D eigenvalue weighted by Crippen LogP contribution is -2.36. The number of hydrogen-bond acceptors (Lipinski definition) is 8. The van der Waals surface area contributed by atoms with Gasteiger partial charge in [-0.1, -0.05) is 36.4 Å². The first kappa shape index (κ1) is 32.5. The molecular weight excluding hydrogens is 512 g/mol. The molecule has 0 aliphatic rings. The molecule has 0 bridgehead atoms. The summed E-state index contributed by atoms with van der Waals surface area (Å²) in [6.07, 6.45) is 0. The topological polar surface area (TPSA) is 105 Å². The molecule has 0 spiro atoms. The van der Waals surface area contributed by atoms with Crippen molar-refractivity contribution in [2.45, 2.75) is 105 Å². The fourth-order valence-corrected chi connectivity index (χ4v) is 3.66. The maximum Gasteiger partial charge on any atom is 0.346 e. The van der Waals surface area contributed by atoms with E-state index < -0.39 is 46.3 Å². The molecule has 0 aliphatic heterocycles. The zero-order valence-corrected chi connectivity index (χ0v) is 25.7. The van der Waals surface area contributed by atoms with Crippen LogP contribution in [0.1, 0.15) is 83.1 Å². The summed E-state index contributed by atoms with van der Waals surface area (Å²) in [5.74, 6) is -3.43. The van der Waals surface area contributed by atoms with E-state index in [9.17, 15) is 19.2 Å². The van der Waals surface area contributed by atoms with Gasteiger partial charge in [-0.3, -0.25) is 0 Å². The maximum absolute atomic E-state index is 13.4. The van der Waals surface area contributed by atoms with Crippen LogP contribution in [-0.4, -0.2) is 46.3 Å². The van der Waals surface area contributed by atoms with Gasteiger partial charge in [-0.15, -0.1) is 0 Å². The van der Waals surface area contributed by atoms with Gasteiger partial charge in [0.15, 0.2) is 11.1 Å². The highest BCUT2D eigenvalue weighted by molar-refractivity contribution is 6.38. The minimum absolute atomic E-state index is 0.232. The number of carbonyl (C=O) groups excluding carboxylic acids is 4. The quantitative estimate of drug-likeness (QED) is 0.309. The average Bonchev–Trinajstić information content (AvgIpc) is 2.70. The van der Waals surface area contributed by atoms with Gasteiger partial charge in [0.2, 0.25) is 0 Å². The van der Waals surface area contributed by atoms with E-state index in [-0.39, 0.29) is 21.6 Å². The van der Waals surface area contributed by atoms with Gasteiger partial charge in [0.1, 0.15) is 22.4 Å². The van der Waals surface area contributed by atoms with Crippen molar-refractivity contribution in [2.24, 2.45) is 0 Å². The number of benzene rings is 2. The standard InChI is InChI=1S/C32H42O8/c1-29(2,3)37-25(33)23(26(34)38-30(4,5)6)21-17-18-22(20-16-14-13-15-19(20)21)24(27(35)39-31(7,8)9)28(36)40-32(10,11)12/h13-18H,1-12H3. The Hall–Kier alpha value is -3.68. The second-order valence-corrected chi connectivity index (χ2v) is 13.5. The second kappa shape index (κ2) is 11.4. The summed E-state index contributed by atoms with van der Waals surface area (Å²) in [5.41, 5.74) is -4.13. The van der Waals surface area contributed by atoms with E-state index in [4.69, 9.17) is 18.9 Å². The smallest absolute Gasteiger partial charge is 0.346 e. The third-order valence-electron chi connectivity index (χ3n) is 4.87. The van der Waals surface area contributed by atoms with E-state index in [2.05, 4.69) is 0 Å². The molecule has 8 heteroatoms. The Balaban J connectivity index is 3.10. The highest BCUT2D eigenvalue weighted by Gasteiger charge is 2.32. The lowest BCUT2D eigenvalue weighted by atomic mass is 9.99. The average molecular weight is 555 g/mol. The highest BCUT2D eigenvalue weighted by Crippen LogP contribution is 2.20. The third-order valence-corrected chi connectivity index (χ3v) is 4.87. The van der Waals surface area contributed by atoms with Crippen LogP contribution in [0.3, 0.4) is 0 Å². The Morgan fingerprint density at radius 3 is 0.850 bits per heavy atom. The minimum atomic E-state index is -0.880. The van der Waals surface area contributed by atoms with Gasteiger partial charge in [-0.2, -0.15) is 0 Å². The second-order valence-electron chi connectivity index (χ2n) is 13.5. The molecule has 0 aliphatic carbocycles. The Labute approximate surface area is 236 Å². The fraction of sp³-hybridized carbons (Fsp3) is 0.500. The number of esters is 4. The van der Waals surface area contributed by atoms with Crippen molar-refractivity contribution in [3.63, 3.8) is 0 Å². The van der Waals surface area contributed by atoms with Crippen molar-refractivity contribution in [3.8, 4) is 0 Å². The SMILES string of the molecule is CC(C)(C)OC(=O)C(C(=O)OC(C)(C)C)=c1ccc(=C(C(=O)OC(C)(C)C)C(=O)OC(C)(C)C)c2ccccc12. The number of hydrogen-bond donors (Lipinski definition) is 0. The van der Waals surface area contributed by atoms with Crippen LogP contribution in [0, 0.1) is 0 Å². The first-order chi connectivity index (χ1) is 18.0. The van der Waals surface area contributed by atoms with Crippen molar-refractivity contribution in [3.05, 3.63) is 46.8 Å². The fourth-order valence-electron chi connectivity index (χ4n) is 3.66. The summed E-state index contributed by atoms with van der Waals surface area (Å²) < 4.78 is 22.3. The van der Waals surface area contributed by atoms with Crippen molar-refractivity contribution in [1.82, 2.24) is 0 Å². The number of fused-ring (bicyclic) bond motifs is 1. The normalized spacial score (nSPS) is 12.4. The van der Waals surface area contributed by atoms with Crippen LogP contribution in [0.4, 0.5) is 0 Å². The van der Waals surface area contributed by atoms with Crippen LogP contribution >= 0.6 is 0 Å². The van der Waals surface area contributed by atoms with Crippen LogP contribution in [0.15, 0.2) is 36.4 Å². The van der Waals surface area contributed by atoms with Crippen LogP contribution in [0.2, 0.25) is 0 Å². The first-order valence-electron chi connectivity index (χ1n) is 13.2. The van der Waals surface area contributed by atoms with Crippen LogP contribution in [-0.2, 0) is 38.1 Å². The predicted octanol–water partition coefficient (Wildman–Crippen LogP) is 4.51. The zero-order chi connectivity index (χ0) is 30.8. The largest absolute Gasteiger partial charge is 0.456 e. The molecule has 2 aromatic rings. The predicted molar refractivity (Wildman–Crippen MR) is 153 cm³/mol. The molecule has 0 amide bonds. The van der Waals surface area contributed by atoms with Crippen LogP contribution in [0.5, 0.6) is 0 Å². The summed E-state index contributed by atoms with van der Waals surface area (Å²) in [5, 5.41) is 1.32. The van der Waals surface area contributed by atoms with E-state index >= 15 is 0 Å². The van der Waals surface area contributed by atoms with Crippen molar-refractivity contribution < 1.29 is 38.1 Å². The van der Waals surface area contributed by atoms with E-state index in [1.165, 1.54) is 12.1 Å². The molecular formula is C32H42O8. The molecule has 40 heavy (non-hydrogen) atoms. The molecule has 0 radical (unpaired) electrons. The first-order valence-corrected chi connectivity index (χ1v) is 13.2. The van der Waals surface area contributed by atoms with E-state index in [1.54, 1.807) is 107 Å². The lowest BCUT2D eigenvalue weighted by molar-refractivity contribution is -0.156. The molecule has 0 fully saturated rings. The number of rotatable bonds is 4. The van der Waals surface area contributed by atoms with Gasteiger partial charge in [-0.25, -0.2) is 19.2 Å². The molecule has 8 nitrogen and oxygen atoms in total. The molecule has 2 rings (SSSR count). The van der Waals surface area contributed by atoms with Gasteiger partial charge < -0.3 is 18.9 Å². The summed E-state index contributed by atoms with van der Waals surface area (Å²) in [6, 6.07) is 9.80. The third kappa shape index (κ3) is 9.21. The molecule has 0 saturated carbocycles. The van der Waals surface area contributed by atoms with Crippen molar-refractivity contribution >= 4 is 45.8 Å². The van der Waals surface area contributed by atoms with Crippen LogP contribution in [0.25, 0.3) is 21.9 Å². The molecule has 0 atom stereocenters. The minimum Gasteiger partial charge on any atom is -0.456 e. The highest BCUT2D eigenvalue weighted by atomic mass is 16.6. The van der Waals surface area contributed by atoms with Gasteiger partial charge in [0, 0.05) is 10.4 Å². The summed E-state index contributed by atoms with van der Waals surface area (Å²) in [4.78, 5) is 53.5. The molecule has 218 valence electrons. The Bertz CT molecular complexity index is 1260. The zero-order valence-electron chi connectivity index (χ0n) is 25.7. The van der Waals surface area contributed by atoms with Gasteiger partial charge in [0.25, 0.3) is 0 Å². The van der Waals surface area contributed by atoms with Crippen molar-refractivity contribution in [2.75, 3.05) is 0 Å². The molecule has 0 unspecified atom stereocenters. The van der Waals surface area contributed by atoms with E-state index in [1.807, 2.05) is 0 Å². The molecule has 0 heterocycles. The van der Waals surface area contributed by atoms with E-state index in [0.717, 1.165) is 0 Å². The lowest BCUT2D eigenvalue weighted by Gasteiger charge is -2.24. The van der Waals surface area contributed by atoms with Gasteiger partial charge >= 0.3 is 23.9 Å². The molecule has 0 aromatic heterocycles. The maximum atomic E-state index is 13.4. The summed E-state index contributed by atoms with van der Waals surface area (Å²) in [6.45, 7) is 20.4. The Morgan fingerprint density at radius 2 is 0.650 bits per heavy atom. The molecule has 0 saturated heterocycles. The van der Waals surface area contributed by atoms with E-state index in [0.29, 0.717) is 10.8 Å². The Kier molecular flexibility index (Phi) is 9.30. The van der Waals surface area contributed by atoms with Gasteiger partial charge in [-0.05, 0) is 93.9 Å². The van der Waals surface area contributed by atoms with Crippen LogP contribution < -0.4 is 10.4 Å². The number of ether oxygens (including phenoxy) is 4. The Morgan fingerprint density at radius 1 is 0.425 bits per heavy atom. The summed E-state index contributed by atoms with van der Waals surface area (Å²) in [7, 11) is 0. The molecule has 2 aromatic carbocycles. The van der Waals surface area contributed by atoms with Crippen molar-refractivity contribution in [1.29, 1.82) is 0 Å². The molecule has 0 N–H and O–H groups in total. The summed E-state index contributed by atoms with van der Waals surface area (Å²) >= 11 is 0.